The van der Waals surface area contributed by atoms with Gasteiger partial charge in [-0.2, -0.15) is 0 Å². The molecule has 0 heterocycles. The van der Waals surface area contributed by atoms with Crippen LogP contribution in [0.4, 0.5) is 18.9 Å². The first-order valence-electron chi connectivity index (χ1n) is 6.00. The summed E-state index contributed by atoms with van der Waals surface area (Å²) >= 11 is 0. The minimum Gasteiger partial charge on any atom is -0.382 e. The van der Waals surface area contributed by atoms with Crippen LogP contribution in [0.1, 0.15) is 12.5 Å². The lowest BCUT2D eigenvalue weighted by Gasteiger charge is -2.15. The van der Waals surface area contributed by atoms with Gasteiger partial charge < -0.3 is 5.32 Å². The third kappa shape index (κ3) is 3.74. The number of anilines is 1. The van der Waals surface area contributed by atoms with Gasteiger partial charge in [0.1, 0.15) is 5.82 Å². The van der Waals surface area contributed by atoms with Crippen molar-refractivity contribution in [2.24, 2.45) is 0 Å². The Morgan fingerprint density at radius 3 is 2.47 bits per heavy atom. The molecule has 0 saturated carbocycles. The Morgan fingerprint density at radius 2 is 1.79 bits per heavy atom. The molecule has 19 heavy (non-hydrogen) atoms. The van der Waals surface area contributed by atoms with E-state index in [1.807, 2.05) is 13.0 Å². The summed E-state index contributed by atoms with van der Waals surface area (Å²) in [5, 5.41) is 3.05. The van der Waals surface area contributed by atoms with Gasteiger partial charge in [0.05, 0.1) is 0 Å². The highest BCUT2D eigenvalue weighted by Crippen LogP contribution is 2.15. The molecule has 1 nitrogen and oxygen atoms in total. The van der Waals surface area contributed by atoms with E-state index in [0.717, 1.165) is 17.7 Å². The van der Waals surface area contributed by atoms with Crippen LogP contribution in [0, 0.1) is 17.5 Å². The smallest absolute Gasteiger partial charge is 0.160 e. The van der Waals surface area contributed by atoms with Gasteiger partial charge in [-0.25, -0.2) is 13.2 Å². The molecule has 0 aliphatic rings. The summed E-state index contributed by atoms with van der Waals surface area (Å²) < 4.78 is 38.9. The van der Waals surface area contributed by atoms with Crippen LogP contribution in [-0.2, 0) is 6.42 Å². The largest absolute Gasteiger partial charge is 0.382 e. The maximum atomic E-state index is 13.0. The predicted octanol–water partition coefficient (Wildman–Crippen LogP) is 4.15. The lowest BCUT2D eigenvalue weighted by molar-refractivity contribution is 0.509. The Morgan fingerprint density at radius 1 is 1.00 bits per heavy atom. The Bertz CT molecular complexity index is 569. The van der Waals surface area contributed by atoms with Gasteiger partial charge >= 0.3 is 0 Å². The molecule has 0 fully saturated rings. The summed E-state index contributed by atoms with van der Waals surface area (Å²) in [6.07, 6.45) is 0.594. The Labute approximate surface area is 110 Å². The van der Waals surface area contributed by atoms with Gasteiger partial charge in [-0.15, -0.1) is 0 Å². The van der Waals surface area contributed by atoms with Crippen molar-refractivity contribution in [2.75, 3.05) is 5.32 Å². The zero-order chi connectivity index (χ0) is 13.8. The molecule has 0 radical (unpaired) electrons. The van der Waals surface area contributed by atoms with Crippen molar-refractivity contribution in [3.8, 4) is 0 Å². The lowest BCUT2D eigenvalue weighted by Crippen LogP contribution is -2.18. The second-order valence-corrected chi connectivity index (χ2v) is 4.51. The zero-order valence-electron chi connectivity index (χ0n) is 10.5. The van der Waals surface area contributed by atoms with Crippen LogP contribution in [0.2, 0.25) is 0 Å². The van der Waals surface area contributed by atoms with E-state index in [-0.39, 0.29) is 11.9 Å². The number of nitrogens with one attached hydrogen (secondary N) is 1. The van der Waals surface area contributed by atoms with E-state index in [1.54, 1.807) is 6.07 Å². The highest BCUT2D eigenvalue weighted by Gasteiger charge is 2.07. The summed E-state index contributed by atoms with van der Waals surface area (Å²) in [5.74, 6) is -2.04. The molecule has 2 aromatic carbocycles. The van der Waals surface area contributed by atoms with Crippen molar-refractivity contribution >= 4 is 5.69 Å². The third-order valence-electron chi connectivity index (χ3n) is 2.76. The second-order valence-electron chi connectivity index (χ2n) is 4.51. The number of halogens is 3. The SMILES string of the molecule is CC(Cc1cccc(F)c1)Nc1ccc(F)c(F)c1. The average molecular weight is 265 g/mol. The second kappa shape index (κ2) is 5.78. The van der Waals surface area contributed by atoms with Crippen LogP contribution in [0.5, 0.6) is 0 Å². The molecule has 0 aromatic heterocycles. The third-order valence-corrected chi connectivity index (χ3v) is 2.76. The van der Waals surface area contributed by atoms with E-state index >= 15 is 0 Å². The molecule has 100 valence electrons. The molecule has 0 saturated heterocycles. The van der Waals surface area contributed by atoms with Gasteiger partial charge in [-0.05, 0) is 43.2 Å². The first-order chi connectivity index (χ1) is 9.04. The molecule has 0 spiro atoms. The van der Waals surface area contributed by atoms with Gasteiger partial charge in [0.15, 0.2) is 11.6 Å². The lowest BCUT2D eigenvalue weighted by atomic mass is 10.1. The number of hydrogen-bond donors (Lipinski definition) is 1. The summed E-state index contributed by atoms with van der Waals surface area (Å²) in [4.78, 5) is 0. The monoisotopic (exact) mass is 265 g/mol. The van der Waals surface area contributed by atoms with Crippen LogP contribution >= 0.6 is 0 Å². The standard InChI is InChI=1S/C15H14F3N/c1-10(7-11-3-2-4-12(16)8-11)19-13-5-6-14(17)15(18)9-13/h2-6,8-10,19H,7H2,1H3. The number of hydrogen-bond acceptors (Lipinski definition) is 1. The molecule has 1 atom stereocenters. The zero-order valence-corrected chi connectivity index (χ0v) is 10.5. The molecule has 0 aliphatic heterocycles. The Balaban J connectivity index is 2.01. The topological polar surface area (TPSA) is 12.0 Å². The van der Waals surface area contributed by atoms with Gasteiger partial charge in [0.2, 0.25) is 0 Å². The summed E-state index contributed by atoms with van der Waals surface area (Å²) in [6.45, 7) is 1.90. The van der Waals surface area contributed by atoms with Gasteiger partial charge in [0.25, 0.3) is 0 Å². The van der Waals surface area contributed by atoms with E-state index in [2.05, 4.69) is 5.32 Å². The minimum absolute atomic E-state index is 0.0216. The van der Waals surface area contributed by atoms with Crippen molar-refractivity contribution in [2.45, 2.75) is 19.4 Å². The molecule has 0 amide bonds. The number of rotatable bonds is 4. The molecule has 4 heteroatoms. The van der Waals surface area contributed by atoms with E-state index in [4.69, 9.17) is 0 Å². The van der Waals surface area contributed by atoms with E-state index in [0.29, 0.717) is 12.1 Å². The van der Waals surface area contributed by atoms with Crippen LogP contribution in [-0.4, -0.2) is 6.04 Å². The van der Waals surface area contributed by atoms with Crippen molar-refractivity contribution in [3.05, 3.63) is 65.5 Å². The van der Waals surface area contributed by atoms with Crippen LogP contribution in [0.25, 0.3) is 0 Å². The average Bonchev–Trinajstić information content (AvgIpc) is 2.34. The van der Waals surface area contributed by atoms with Crippen molar-refractivity contribution in [1.29, 1.82) is 0 Å². The van der Waals surface area contributed by atoms with E-state index in [1.165, 1.54) is 18.2 Å². The van der Waals surface area contributed by atoms with Crippen LogP contribution in [0.3, 0.4) is 0 Å². The van der Waals surface area contributed by atoms with Gasteiger partial charge in [-0.1, -0.05) is 12.1 Å². The van der Waals surface area contributed by atoms with Crippen molar-refractivity contribution in [3.63, 3.8) is 0 Å². The summed E-state index contributed by atoms with van der Waals surface area (Å²) in [7, 11) is 0. The first kappa shape index (κ1) is 13.5. The first-order valence-corrected chi connectivity index (χ1v) is 6.00. The predicted molar refractivity (Wildman–Crippen MR) is 69.5 cm³/mol. The maximum Gasteiger partial charge on any atom is 0.160 e. The number of benzene rings is 2. The molecule has 1 unspecified atom stereocenters. The van der Waals surface area contributed by atoms with E-state index < -0.39 is 11.6 Å². The van der Waals surface area contributed by atoms with Crippen molar-refractivity contribution < 1.29 is 13.2 Å². The fourth-order valence-electron chi connectivity index (χ4n) is 1.94. The molecule has 1 N–H and O–H groups in total. The molecular formula is C15H14F3N. The molecule has 0 aliphatic carbocycles. The molecule has 2 rings (SSSR count). The maximum absolute atomic E-state index is 13.0. The molecule has 2 aromatic rings. The normalized spacial score (nSPS) is 12.2. The Hall–Kier alpha value is -1.97. The van der Waals surface area contributed by atoms with Crippen LogP contribution < -0.4 is 5.32 Å². The van der Waals surface area contributed by atoms with Crippen molar-refractivity contribution in [1.82, 2.24) is 0 Å². The minimum atomic E-state index is -0.886. The summed E-state index contributed by atoms with van der Waals surface area (Å²) in [5.41, 5.74) is 1.35. The highest BCUT2D eigenvalue weighted by molar-refractivity contribution is 5.44. The van der Waals surface area contributed by atoms with Gasteiger partial charge in [-0.3, -0.25) is 0 Å². The van der Waals surface area contributed by atoms with E-state index in [9.17, 15) is 13.2 Å². The fraction of sp³-hybridized carbons (Fsp3) is 0.200. The fourth-order valence-corrected chi connectivity index (χ4v) is 1.94. The van der Waals surface area contributed by atoms with Gasteiger partial charge in [0, 0.05) is 17.8 Å². The highest BCUT2D eigenvalue weighted by atomic mass is 19.2. The van der Waals surface area contributed by atoms with Crippen LogP contribution in [0.15, 0.2) is 42.5 Å². The molecule has 0 bridgehead atoms. The summed E-state index contributed by atoms with van der Waals surface area (Å²) in [6, 6.07) is 9.96. The quantitative estimate of drug-likeness (QED) is 0.875. The Kier molecular flexibility index (Phi) is 4.10. The molecular weight excluding hydrogens is 251 g/mol.